The quantitative estimate of drug-likeness (QED) is 0.420. The number of thiocarbonyl (C=S) groups is 1. The third kappa shape index (κ3) is 5.14. The second kappa shape index (κ2) is 7.66. The van der Waals surface area contributed by atoms with Crippen LogP contribution in [0, 0.1) is 5.82 Å². The van der Waals surface area contributed by atoms with Gasteiger partial charge in [-0.2, -0.15) is 0 Å². The van der Waals surface area contributed by atoms with Crippen LogP contribution in [0.2, 0.25) is 0 Å². The molecule has 18 heavy (non-hydrogen) atoms. The van der Waals surface area contributed by atoms with Crippen molar-refractivity contribution >= 4 is 23.0 Å². The van der Waals surface area contributed by atoms with Gasteiger partial charge in [0.25, 0.3) is 0 Å². The lowest BCUT2D eigenvalue weighted by molar-refractivity contribution is 0.627. The maximum absolute atomic E-state index is 12.7. The molecule has 0 aliphatic heterocycles. The van der Waals surface area contributed by atoms with Gasteiger partial charge in [-0.1, -0.05) is 19.9 Å². The van der Waals surface area contributed by atoms with Gasteiger partial charge >= 0.3 is 0 Å². The fourth-order valence-electron chi connectivity index (χ4n) is 1.28. The molecule has 0 fully saturated rings. The monoisotopic (exact) mass is 267 g/mol. The van der Waals surface area contributed by atoms with Crippen LogP contribution >= 0.6 is 12.2 Å². The zero-order chi connectivity index (χ0) is 13.4. The molecule has 98 valence electrons. The lowest BCUT2D eigenvalue weighted by Gasteiger charge is -2.14. The lowest BCUT2D eigenvalue weighted by Crippen LogP contribution is -2.43. The van der Waals surface area contributed by atoms with Crippen LogP contribution in [0.1, 0.15) is 25.3 Å². The summed E-state index contributed by atoms with van der Waals surface area (Å²) in [6, 6.07) is 6.08. The standard InChI is InChI=1S/C13H18FN3S/c1-3-4-9-15-13(18)17-16-10(2)11-5-7-12(14)8-6-11/h5-8,16H,2-4,9H2,1H3,(H2,15,17,18). The Morgan fingerprint density at radius 2 is 1.94 bits per heavy atom. The Labute approximate surface area is 112 Å². The van der Waals surface area contributed by atoms with Gasteiger partial charge in [0, 0.05) is 6.54 Å². The molecule has 3 N–H and O–H groups in total. The van der Waals surface area contributed by atoms with Gasteiger partial charge in [-0.15, -0.1) is 0 Å². The number of hydrogen-bond donors (Lipinski definition) is 3. The van der Waals surface area contributed by atoms with Crippen molar-refractivity contribution in [3.05, 3.63) is 42.2 Å². The third-order valence-electron chi connectivity index (χ3n) is 2.34. The highest BCUT2D eigenvalue weighted by atomic mass is 32.1. The van der Waals surface area contributed by atoms with Gasteiger partial charge in [0.2, 0.25) is 0 Å². The first-order valence-corrected chi connectivity index (χ1v) is 6.29. The molecule has 0 atom stereocenters. The smallest absolute Gasteiger partial charge is 0.185 e. The summed E-state index contributed by atoms with van der Waals surface area (Å²) >= 11 is 5.07. The minimum absolute atomic E-state index is 0.267. The zero-order valence-electron chi connectivity index (χ0n) is 10.4. The molecule has 0 aliphatic rings. The van der Waals surface area contributed by atoms with Gasteiger partial charge in [0.15, 0.2) is 5.11 Å². The molecular weight excluding hydrogens is 249 g/mol. The molecule has 0 saturated heterocycles. The maximum atomic E-state index is 12.7. The van der Waals surface area contributed by atoms with Crippen LogP contribution in [0.5, 0.6) is 0 Å². The highest BCUT2D eigenvalue weighted by Crippen LogP contribution is 2.09. The molecule has 0 heterocycles. The molecule has 1 aromatic rings. The highest BCUT2D eigenvalue weighted by Gasteiger charge is 1.99. The summed E-state index contributed by atoms with van der Waals surface area (Å²) in [5.74, 6) is -0.267. The van der Waals surface area contributed by atoms with Crippen molar-refractivity contribution in [1.82, 2.24) is 16.2 Å². The van der Waals surface area contributed by atoms with Gasteiger partial charge in [0.1, 0.15) is 5.82 Å². The van der Waals surface area contributed by atoms with Crippen LogP contribution in [-0.4, -0.2) is 11.7 Å². The van der Waals surface area contributed by atoms with Crippen molar-refractivity contribution in [3.63, 3.8) is 0 Å². The molecule has 0 aliphatic carbocycles. The highest BCUT2D eigenvalue weighted by molar-refractivity contribution is 7.80. The van der Waals surface area contributed by atoms with Crippen molar-refractivity contribution in [3.8, 4) is 0 Å². The van der Waals surface area contributed by atoms with Crippen LogP contribution in [0.3, 0.4) is 0 Å². The van der Waals surface area contributed by atoms with Crippen molar-refractivity contribution in [2.45, 2.75) is 19.8 Å². The molecule has 0 radical (unpaired) electrons. The SMILES string of the molecule is C=C(NNC(=S)NCCCC)c1ccc(F)cc1. The second-order valence-corrected chi connectivity index (χ2v) is 4.25. The fourth-order valence-corrected chi connectivity index (χ4v) is 1.43. The number of hydrazine groups is 1. The Balaban J connectivity index is 2.32. The Hall–Kier alpha value is -1.62. The second-order valence-electron chi connectivity index (χ2n) is 3.84. The number of rotatable bonds is 6. The number of halogens is 1. The van der Waals surface area contributed by atoms with E-state index in [0.717, 1.165) is 24.9 Å². The molecule has 3 nitrogen and oxygen atoms in total. The third-order valence-corrected chi connectivity index (χ3v) is 2.58. The largest absolute Gasteiger partial charge is 0.361 e. The van der Waals surface area contributed by atoms with Crippen LogP contribution in [0.4, 0.5) is 4.39 Å². The molecule has 0 aromatic heterocycles. The minimum atomic E-state index is -0.267. The van der Waals surface area contributed by atoms with Crippen LogP contribution in [-0.2, 0) is 0 Å². The number of unbranched alkanes of at least 4 members (excludes halogenated alkanes) is 1. The lowest BCUT2D eigenvalue weighted by atomic mass is 10.2. The van der Waals surface area contributed by atoms with Crippen molar-refractivity contribution < 1.29 is 4.39 Å². The van der Waals surface area contributed by atoms with E-state index >= 15 is 0 Å². The minimum Gasteiger partial charge on any atom is -0.361 e. The van der Waals surface area contributed by atoms with E-state index in [-0.39, 0.29) is 5.82 Å². The van der Waals surface area contributed by atoms with E-state index in [4.69, 9.17) is 12.2 Å². The van der Waals surface area contributed by atoms with Crippen molar-refractivity contribution in [2.24, 2.45) is 0 Å². The summed E-state index contributed by atoms with van der Waals surface area (Å²) in [4.78, 5) is 0. The number of hydrogen-bond acceptors (Lipinski definition) is 2. The first-order chi connectivity index (χ1) is 8.63. The Morgan fingerprint density at radius 3 is 2.56 bits per heavy atom. The summed E-state index contributed by atoms with van der Waals surface area (Å²) in [6.45, 7) is 6.80. The van der Waals surface area contributed by atoms with Gasteiger partial charge in [0.05, 0.1) is 5.70 Å². The molecule has 0 spiro atoms. The van der Waals surface area contributed by atoms with Gasteiger partial charge in [-0.05, 0) is 48.5 Å². The summed E-state index contributed by atoms with van der Waals surface area (Å²) in [6.07, 6.45) is 2.19. The van der Waals surface area contributed by atoms with Crippen molar-refractivity contribution in [1.29, 1.82) is 0 Å². The average molecular weight is 267 g/mol. The van der Waals surface area contributed by atoms with Crippen LogP contribution in [0.25, 0.3) is 5.70 Å². The van der Waals surface area contributed by atoms with Crippen molar-refractivity contribution in [2.75, 3.05) is 6.54 Å². The normalized spacial score (nSPS) is 9.67. The summed E-state index contributed by atoms with van der Waals surface area (Å²) < 4.78 is 12.7. The van der Waals surface area contributed by atoms with Gasteiger partial charge < -0.3 is 5.32 Å². The Morgan fingerprint density at radius 1 is 1.28 bits per heavy atom. The van der Waals surface area contributed by atoms with E-state index in [1.54, 1.807) is 12.1 Å². The summed E-state index contributed by atoms with van der Waals surface area (Å²) in [5.41, 5.74) is 7.15. The fraction of sp³-hybridized carbons (Fsp3) is 0.308. The van der Waals surface area contributed by atoms with E-state index in [9.17, 15) is 4.39 Å². The molecular formula is C13H18FN3S. The van der Waals surface area contributed by atoms with Gasteiger partial charge in [-0.3, -0.25) is 10.9 Å². The molecule has 1 aromatic carbocycles. The zero-order valence-corrected chi connectivity index (χ0v) is 11.2. The molecule has 0 saturated carbocycles. The Bertz CT molecular complexity index is 403. The predicted octanol–water partition coefficient (Wildman–Crippen LogP) is 2.57. The molecule has 0 amide bonds. The first kappa shape index (κ1) is 14.4. The summed E-state index contributed by atoms with van der Waals surface area (Å²) in [7, 11) is 0. The molecule has 1 rings (SSSR count). The van der Waals surface area contributed by atoms with Crippen LogP contribution in [0.15, 0.2) is 30.8 Å². The molecule has 5 heteroatoms. The molecule has 0 unspecified atom stereocenters. The first-order valence-electron chi connectivity index (χ1n) is 5.88. The summed E-state index contributed by atoms with van der Waals surface area (Å²) in [5, 5.41) is 3.58. The number of nitrogens with one attached hydrogen (secondary N) is 3. The van der Waals surface area contributed by atoms with E-state index < -0.39 is 0 Å². The van der Waals surface area contributed by atoms with E-state index in [0.29, 0.717) is 10.8 Å². The van der Waals surface area contributed by atoms with E-state index in [1.165, 1.54) is 12.1 Å². The number of benzene rings is 1. The molecule has 0 bridgehead atoms. The topological polar surface area (TPSA) is 36.1 Å². The van der Waals surface area contributed by atoms with Crippen LogP contribution < -0.4 is 16.2 Å². The van der Waals surface area contributed by atoms with Gasteiger partial charge in [-0.25, -0.2) is 4.39 Å². The van der Waals surface area contributed by atoms with E-state index in [1.807, 2.05) is 0 Å². The maximum Gasteiger partial charge on any atom is 0.185 e. The Kier molecular flexibility index (Phi) is 6.14. The average Bonchev–Trinajstić information content (AvgIpc) is 2.37. The van der Waals surface area contributed by atoms with E-state index in [2.05, 4.69) is 29.7 Å². The predicted molar refractivity (Wildman–Crippen MR) is 77.2 cm³/mol.